The number of nitrogens with two attached hydrogens (primary N) is 2. The molecule has 0 radical (unpaired) electrons. The van der Waals surface area contributed by atoms with E-state index in [0.717, 1.165) is 0 Å². The van der Waals surface area contributed by atoms with E-state index in [1.807, 2.05) is 0 Å². The molecule has 0 aromatic carbocycles. The fraction of sp³-hybridized carbons (Fsp3) is 0.364. The molecule has 20 heavy (non-hydrogen) atoms. The van der Waals surface area contributed by atoms with Crippen LogP contribution in [-0.2, 0) is 10.3 Å². The molecule has 1 unspecified atom stereocenters. The Hall–Kier alpha value is -1.44. The minimum Gasteiger partial charge on any atom is -0.385 e. The molecule has 1 atom stereocenters. The van der Waals surface area contributed by atoms with Crippen LogP contribution < -0.4 is 11.5 Å². The molecule has 2 rings (SSSR count). The summed E-state index contributed by atoms with van der Waals surface area (Å²) in [6.45, 7) is -0.784. The lowest BCUT2D eigenvalue weighted by atomic mass is 9.92. The molecule has 2 heterocycles. The average molecular weight is 323 g/mol. The van der Waals surface area contributed by atoms with Crippen molar-refractivity contribution >= 4 is 35.8 Å². The summed E-state index contributed by atoms with van der Waals surface area (Å²) in [5.74, 6) is -0.530. The van der Waals surface area contributed by atoms with Crippen molar-refractivity contribution in [1.29, 1.82) is 0 Å². The Labute approximate surface area is 125 Å². The lowest BCUT2D eigenvalue weighted by Gasteiger charge is -2.31. The first-order valence-electron chi connectivity index (χ1n) is 5.42. The van der Waals surface area contributed by atoms with Crippen molar-refractivity contribution in [2.24, 2.45) is 16.5 Å². The van der Waals surface area contributed by atoms with Gasteiger partial charge in [0.25, 0.3) is 0 Å². The fourth-order valence-corrected chi connectivity index (χ4v) is 2.13. The summed E-state index contributed by atoms with van der Waals surface area (Å²) in [6.07, 6.45) is 1.22. The molecular weight excluding hydrogens is 310 g/mol. The fourth-order valence-electron chi connectivity index (χ4n) is 1.85. The van der Waals surface area contributed by atoms with Crippen LogP contribution in [0.5, 0.6) is 0 Å². The summed E-state index contributed by atoms with van der Waals surface area (Å²) in [7, 11) is 0. The molecule has 1 aliphatic rings. The van der Waals surface area contributed by atoms with Crippen LogP contribution in [0.1, 0.15) is 15.9 Å². The summed E-state index contributed by atoms with van der Waals surface area (Å²) >= 11 is 5.95. The van der Waals surface area contributed by atoms with Crippen molar-refractivity contribution in [3.05, 3.63) is 28.5 Å². The zero-order valence-corrected chi connectivity index (χ0v) is 11.9. The van der Waals surface area contributed by atoms with Crippen molar-refractivity contribution in [2.45, 2.75) is 5.54 Å². The highest BCUT2D eigenvalue weighted by Gasteiger charge is 2.38. The summed E-state index contributed by atoms with van der Waals surface area (Å²) in [6, 6.07) is 1.36. The quantitative estimate of drug-likeness (QED) is 0.803. The number of carbonyl (C=O) groups is 1. The van der Waals surface area contributed by atoms with E-state index in [0.29, 0.717) is 0 Å². The van der Waals surface area contributed by atoms with E-state index in [2.05, 4.69) is 9.98 Å². The molecular formula is C11H13Cl2FN4O2. The number of pyridine rings is 1. The molecule has 4 N–H and O–H groups in total. The lowest BCUT2D eigenvalue weighted by Crippen LogP contribution is -2.41. The van der Waals surface area contributed by atoms with E-state index in [1.54, 1.807) is 0 Å². The van der Waals surface area contributed by atoms with Crippen molar-refractivity contribution in [2.75, 3.05) is 19.9 Å². The van der Waals surface area contributed by atoms with Crippen LogP contribution in [0.4, 0.5) is 4.39 Å². The number of amides is 1. The third-order valence-corrected chi connectivity index (χ3v) is 3.10. The maximum Gasteiger partial charge on any atom is 0.250 e. The highest BCUT2D eigenvalue weighted by molar-refractivity contribution is 6.30. The lowest BCUT2D eigenvalue weighted by molar-refractivity contribution is 0.0824. The van der Waals surface area contributed by atoms with Crippen LogP contribution in [0.2, 0.25) is 5.15 Å². The Kier molecular flexibility index (Phi) is 5.27. The molecule has 1 aromatic rings. The van der Waals surface area contributed by atoms with Gasteiger partial charge in [-0.15, -0.1) is 12.4 Å². The van der Waals surface area contributed by atoms with Crippen LogP contribution in [0.25, 0.3) is 0 Å². The van der Waals surface area contributed by atoms with Gasteiger partial charge in [-0.3, -0.25) is 9.79 Å². The number of halogens is 3. The average Bonchev–Trinajstić information content (AvgIpc) is 2.38. The largest absolute Gasteiger partial charge is 0.385 e. The van der Waals surface area contributed by atoms with Crippen LogP contribution in [0.3, 0.4) is 0 Å². The highest BCUT2D eigenvalue weighted by atomic mass is 35.5. The molecule has 1 aromatic heterocycles. The number of hydrogen-bond acceptors (Lipinski definition) is 5. The van der Waals surface area contributed by atoms with Gasteiger partial charge in [-0.1, -0.05) is 11.6 Å². The summed E-state index contributed by atoms with van der Waals surface area (Å²) in [5, 5.41) is 0.0321. The first-order valence-corrected chi connectivity index (χ1v) is 5.80. The van der Waals surface area contributed by atoms with Gasteiger partial charge in [0.1, 0.15) is 29.8 Å². The van der Waals surface area contributed by atoms with Gasteiger partial charge in [0.2, 0.25) is 5.91 Å². The summed E-state index contributed by atoms with van der Waals surface area (Å²) < 4.78 is 18.7. The predicted octanol–water partition coefficient (Wildman–Crippen LogP) is 0.808. The van der Waals surface area contributed by atoms with E-state index < -0.39 is 18.1 Å². The van der Waals surface area contributed by atoms with Gasteiger partial charge in [-0.25, -0.2) is 9.37 Å². The topological polar surface area (TPSA) is 104 Å². The number of primary amides is 1. The first-order chi connectivity index (χ1) is 8.98. The second kappa shape index (κ2) is 6.34. The number of ether oxygens (including phenoxy) is 1. The molecule has 0 saturated carbocycles. The second-order valence-corrected chi connectivity index (χ2v) is 4.55. The molecule has 0 bridgehead atoms. The van der Waals surface area contributed by atoms with E-state index in [1.165, 1.54) is 12.3 Å². The standard InChI is InChI=1S/C11H12ClFN4O2.ClH/c12-9-7(1-6(2-16-9)10(15)18)11(4-13)5-19-3-8(14)17-11;/h1-2H,3-5H2,(H2,14,17)(H2,15,18);1H. The molecule has 1 aliphatic heterocycles. The van der Waals surface area contributed by atoms with Crippen molar-refractivity contribution in [3.63, 3.8) is 0 Å². The van der Waals surface area contributed by atoms with Gasteiger partial charge in [0, 0.05) is 11.8 Å². The van der Waals surface area contributed by atoms with Crippen LogP contribution >= 0.6 is 24.0 Å². The number of rotatable bonds is 3. The zero-order chi connectivity index (χ0) is 14.0. The minimum atomic E-state index is -1.38. The number of alkyl halides is 1. The molecule has 0 aliphatic carbocycles. The maximum atomic E-state index is 13.5. The van der Waals surface area contributed by atoms with Gasteiger partial charge in [-0.05, 0) is 6.07 Å². The van der Waals surface area contributed by atoms with Crippen LogP contribution in [-0.4, -0.2) is 36.6 Å². The Bertz CT molecular complexity index is 555. The van der Waals surface area contributed by atoms with Crippen molar-refractivity contribution in [3.8, 4) is 0 Å². The third-order valence-electron chi connectivity index (χ3n) is 2.79. The number of amidine groups is 1. The SMILES string of the molecule is Cl.NC(=O)c1cnc(Cl)c(C2(CF)COCC(N)=N2)c1. The normalized spacial score (nSPS) is 21.8. The monoisotopic (exact) mass is 322 g/mol. The van der Waals surface area contributed by atoms with E-state index in [9.17, 15) is 9.18 Å². The van der Waals surface area contributed by atoms with Gasteiger partial charge in [0.05, 0.1) is 12.2 Å². The molecule has 1 amide bonds. The molecule has 0 saturated heterocycles. The van der Waals surface area contributed by atoms with Gasteiger partial charge in [0.15, 0.2) is 0 Å². The number of hydrogen-bond donors (Lipinski definition) is 2. The highest BCUT2D eigenvalue weighted by Crippen LogP contribution is 2.34. The Balaban J connectivity index is 0.00000200. The predicted molar refractivity (Wildman–Crippen MR) is 75.1 cm³/mol. The Morgan fingerprint density at radius 1 is 1.60 bits per heavy atom. The van der Waals surface area contributed by atoms with Crippen LogP contribution in [0, 0.1) is 0 Å². The maximum absolute atomic E-state index is 13.5. The molecule has 0 spiro atoms. The van der Waals surface area contributed by atoms with Gasteiger partial charge >= 0.3 is 0 Å². The number of nitrogens with zero attached hydrogens (tertiary/aromatic N) is 2. The molecule has 110 valence electrons. The van der Waals surface area contributed by atoms with Gasteiger partial charge in [-0.2, -0.15) is 0 Å². The molecule has 0 fully saturated rings. The summed E-state index contributed by atoms with van der Waals surface area (Å²) in [5.41, 5.74) is 9.71. The van der Waals surface area contributed by atoms with Crippen molar-refractivity contribution < 1.29 is 13.9 Å². The number of aromatic nitrogens is 1. The third kappa shape index (κ3) is 3.00. The van der Waals surface area contributed by atoms with Crippen molar-refractivity contribution in [1.82, 2.24) is 4.98 Å². The Morgan fingerprint density at radius 3 is 2.85 bits per heavy atom. The second-order valence-electron chi connectivity index (χ2n) is 4.19. The molecule has 6 nitrogen and oxygen atoms in total. The smallest absolute Gasteiger partial charge is 0.250 e. The minimum absolute atomic E-state index is 0. The van der Waals surface area contributed by atoms with Crippen LogP contribution in [0.15, 0.2) is 17.3 Å². The van der Waals surface area contributed by atoms with E-state index in [4.69, 9.17) is 27.8 Å². The zero-order valence-electron chi connectivity index (χ0n) is 10.3. The van der Waals surface area contributed by atoms with E-state index in [-0.39, 0.29) is 47.7 Å². The molecule has 9 heteroatoms. The van der Waals surface area contributed by atoms with Gasteiger partial charge < -0.3 is 16.2 Å². The van der Waals surface area contributed by atoms with E-state index >= 15 is 0 Å². The number of carbonyl (C=O) groups excluding carboxylic acids is 1. The summed E-state index contributed by atoms with van der Waals surface area (Å²) in [4.78, 5) is 19.1. The first kappa shape index (κ1) is 16.6. The number of aliphatic imine (C=N–C) groups is 1. The Morgan fingerprint density at radius 2 is 2.30 bits per heavy atom.